The molecule has 0 aromatic heterocycles. The third-order valence-corrected chi connectivity index (χ3v) is 4.88. The molecule has 0 aromatic rings. The molecule has 3 rings (SSSR count). The van der Waals surface area contributed by atoms with Gasteiger partial charge >= 0.3 is 5.97 Å². The van der Waals surface area contributed by atoms with Crippen molar-refractivity contribution < 1.29 is 24.0 Å². The van der Waals surface area contributed by atoms with Gasteiger partial charge in [0.2, 0.25) is 0 Å². The Hall–Kier alpha value is -3.16. The summed E-state index contributed by atoms with van der Waals surface area (Å²) < 4.78 is 0. The van der Waals surface area contributed by atoms with Crippen LogP contribution in [0, 0.1) is 5.41 Å². The van der Waals surface area contributed by atoms with Gasteiger partial charge in [-0.15, -0.1) is 5.06 Å². The van der Waals surface area contributed by atoms with E-state index in [-0.39, 0.29) is 24.8 Å². The number of imide groups is 1. The monoisotopic (exact) mass is 459 g/mol. The average Bonchev–Trinajstić information content (AvgIpc) is 3.36. The Morgan fingerprint density at radius 1 is 0.909 bits per heavy atom. The molecule has 8 heteroatoms. The second-order valence-corrected chi connectivity index (χ2v) is 9.48. The fourth-order valence-electron chi connectivity index (χ4n) is 2.99. The predicted octanol–water partition coefficient (Wildman–Crippen LogP) is 3.73. The second-order valence-electron chi connectivity index (χ2n) is 9.48. The van der Waals surface area contributed by atoms with Crippen LogP contribution in [0.3, 0.4) is 0 Å². The van der Waals surface area contributed by atoms with E-state index in [9.17, 15) is 19.2 Å². The zero-order valence-corrected chi connectivity index (χ0v) is 20.9. The SMILES string of the molecule is C=C1C=CC(=O)N1C(C)C.C=C1C=CCN1C(C)C.CC(C)(C)C(=O)ON1C(=O)CCC1=O. The highest BCUT2D eigenvalue weighted by Crippen LogP contribution is 2.20. The van der Waals surface area contributed by atoms with Gasteiger partial charge in [-0.25, -0.2) is 4.79 Å². The fourth-order valence-corrected chi connectivity index (χ4v) is 2.99. The van der Waals surface area contributed by atoms with E-state index >= 15 is 0 Å². The maximum atomic E-state index is 11.3. The number of amides is 3. The highest BCUT2D eigenvalue weighted by atomic mass is 16.7. The molecule has 0 spiro atoms. The summed E-state index contributed by atoms with van der Waals surface area (Å²) in [5.74, 6) is -1.44. The number of hydrogen-bond donors (Lipinski definition) is 0. The van der Waals surface area contributed by atoms with Crippen LogP contribution in [0.15, 0.2) is 48.9 Å². The summed E-state index contributed by atoms with van der Waals surface area (Å²) in [5.41, 5.74) is 1.22. The van der Waals surface area contributed by atoms with Crippen molar-refractivity contribution in [3.63, 3.8) is 0 Å². The lowest BCUT2D eigenvalue weighted by atomic mass is 9.98. The van der Waals surface area contributed by atoms with Gasteiger partial charge in [0.1, 0.15) is 0 Å². The Bertz CT molecular complexity index is 828. The van der Waals surface area contributed by atoms with E-state index < -0.39 is 23.2 Å². The molecule has 0 aliphatic carbocycles. The minimum atomic E-state index is -0.719. The molecule has 33 heavy (non-hydrogen) atoms. The number of rotatable bonds is 3. The van der Waals surface area contributed by atoms with Gasteiger partial charge in [-0.1, -0.05) is 19.2 Å². The van der Waals surface area contributed by atoms with E-state index in [1.165, 1.54) is 0 Å². The highest BCUT2D eigenvalue weighted by Gasteiger charge is 2.35. The summed E-state index contributed by atoms with van der Waals surface area (Å²) in [6.45, 7) is 21.9. The van der Waals surface area contributed by atoms with Crippen LogP contribution in [0.5, 0.6) is 0 Å². The fraction of sp³-hybridized carbons (Fsp3) is 0.520. The van der Waals surface area contributed by atoms with E-state index in [0.717, 1.165) is 17.9 Å². The van der Waals surface area contributed by atoms with Gasteiger partial charge < -0.3 is 14.6 Å². The summed E-state index contributed by atoms with van der Waals surface area (Å²) in [6.07, 6.45) is 7.74. The highest BCUT2D eigenvalue weighted by molar-refractivity contribution is 6.01. The summed E-state index contributed by atoms with van der Waals surface area (Å²) in [6, 6.07) is 0.808. The van der Waals surface area contributed by atoms with Crippen LogP contribution in [0.25, 0.3) is 0 Å². The molecule has 0 N–H and O–H groups in total. The molecule has 0 radical (unpaired) electrons. The summed E-state index contributed by atoms with van der Waals surface area (Å²) >= 11 is 0. The van der Waals surface area contributed by atoms with E-state index in [4.69, 9.17) is 4.84 Å². The van der Waals surface area contributed by atoms with Crippen molar-refractivity contribution in [2.75, 3.05) is 6.54 Å². The first-order valence-corrected chi connectivity index (χ1v) is 11.1. The lowest BCUT2D eigenvalue weighted by molar-refractivity contribution is -0.203. The molecule has 3 aliphatic rings. The molecule has 3 aliphatic heterocycles. The molecule has 8 nitrogen and oxygen atoms in total. The predicted molar refractivity (Wildman–Crippen MR) is 127 cm³/mol. The normalized spacial score (nSPS) is 17.7. The van der Waals surface area contributed by atoms with Crippen molar-refractivity contribution in [3.05, 3.63) is 48.9 Å². The van der Waals surface area contributed by atoms with Crippen molar-refractivity contribution in [1.29, 1.82) is 0 Å². The van der Waals surface area contributed by atoms with Crippen LogP contribution in [-0.4, -0.2) is 57.2 Å². The number of hydroxylamine groups is 2. The van der Waals surface area contributed by atoms with Gasteiger partial charge in [-0.2, -0.15) is 0 Å². The molecule has 0 aromatic carbocycles. The smallest absolute Gasteiger partial charge is 0.338 e. The third-order valence-electron chi connectivity index (χ3n) is 4.88. The van der Waals surface area contributed by atoms with Crippen LogP contribution < -0.4 is 0 Å². The molecule has 0 bridgehead atoms. The van der Waals surface area contributed by atoms with Gasteiger partial charge in [0.15, 0.2) is 0 Å². The van der Waals surface area contributed by atoms with Gasteiger partial charge in [0.25, 0.3) is 17.7 Å². The molecule has 0 unspecified atom stereocenters. The van der Waals surface area contributed by atoms with Crippen molar-refractivity contribution in [2.24, 2.45) is 5.41 Å². The lowest BCUT2D eigenvalue weighted by Gasteiger charge is -2.23. The summed E-state index contributed by atoms with van der Waals surface area (Å²) in [5, 5.41) is 0.563. The van der Waals surface area contributed by atoms with Crippen LogP contribution in [0.2, 0.25) is 0 Å². The minimum absolute atomic E-state index is 0.0417. The van der Waals surface area contributed by atoms with E-state index in [1.54, 1.807) is 37.8 Å². The van der Waals surface area contributed by atoms with E-state index in [0.29, 0.717) is 11.1 Å². The summed E-state index contributed by atoms with van der Waals surface area (Å²) in [7, 11) is 0. The van der Waals surface area contributed by atoms with Crippen LogP contribution in [0.4, 0.5) is 0 Å². The summed E-state index contributed by atoms with van der Waals surface area (Å²) in [4.78, 5) is 53.1. The van der Waals surface area contributed by atoms with Gasteiger partial charge in [-0.05, 0) is 60.6 Å². The van der Waals surface area contributed by atoms with Gasteiger partial charge in [-0.3, -0.25) is 14.4 Å². The molecule has 182 valence electrons. The zero-order valence-electron chi connectivity index (χ0n) is 20.9. The van der Waals surface area contributed by atoms with Gasteiger partial charge in [0, 0.05) is 48.9 Å². The third kappa shape index (κ3) is 8.04. The first-order valence-electron chi connectivity index (χ1n) is 11.1. The quantitative estimate of drug-likeness (QED) is 0.598. The molecule has 0 saturated carbocycles. The molecule has 3 amide bonds. The molecule has 0 atom stereocenters. The Kier molecular flexibility index (Phi) is 9.82. The molecule has 1 saturated heterocycles. The Labute approximate surface area is 197 Å². The topological polar surface area (TPSA) is 87.2 Å². The van der Waals surface area contributed by atoms with Crippen LogP contribution >= 0.6 is 0 Å². The standard InChI is InChI=1S/C9H13NO4.C8H11NO.C8H13N/c1-9(2,3)8(13)14-10-6(11)4-5-7(10)12;1-6(2)9-7(3)4-5-8(9)10;1-7(2)9-6-4-5-8(9)3/h4-5H2,1-3H3;4-6H,3H2,1-2H3;4-5,7H,3,6H2,1-2H3. The van der Waals surface area contributed by atoms with Crippen molar-refractivity contribution in [1.82, 2.24) is 14.9 Å². The molecule has 1 fully saturated rings. The Balaban J connectivity index is 0.000000255. The van der Waals surface area contributed by atoms with Crippen molar-refractivity contribution >= 4 is 23.7 Å². The van der Waals surface area contributed by atoms with Crippen LogP contribution in [0.1, 0.15) is 61.3 Å². The molecule has 3 heterocycles. The largest absolute Gasteiger partial charge is 0.366 e. The number of nitrogens with zero attached hydrogens (tertiary/aromatic N) is 3. The second kappa shape index (κ2) is 11.6. The average molecular weight is 460 g/mol. The first kappa shape index (κ1) is 27.9. The molecular weight excluding hydrogens is 422 g/mol. The number of carbonyl (C=O) groups is 4. The maximum Gasteiger partial charge on any atom is 0.338 e. The minimum Gasteiger partial charge on any atom is -0.366 e. The first-order chi connectivity index (χ1) is 15.2. The zero-order chi connectivity index (χ0) is 25.5. The van der Waals surface area contributed by atoms with Crippen LogP contribution in [-0.2, 0) is 24.0 Å². The number of carbonyl (C=O) groups excluding carboxylic acids is 4. The van der Waals surface area contributed by atoms with Crippen molar-refractivity contribution in [2.45, 2.75) is 73.4 Å². The number of allylic oxidation sites excluding steroid dienone is 2. The maximum absolute atomic E-state index is 11.3. The van der Waals surface area contributed by atoms with Gasteiger partial charge in [0.05, 0.1) is 5.41 Å². The Morgan fingerprint density at radius 2 is 1.45 bits per heavy atom. The molecular formula is C25H37N3O5. The lowest BCUT2D eigenvalue weighted by Crippen LogP contribution is -2.36. The van der Waals surface area contributed by atoms with E-state index in [2.05, 4.69) is 44.1 Å². The Morgan fingerprint density at radius 3 is 1.73 bits per heavy atom. The van der Waals surface area contributed by atoms with E-state index in [1.807, 2.05) is 13.8 Å². The number of hydrogen-bond acceptors (Lipinski definition) is 6. The van der Waals surface area contributed by atoms with Crippen molar-refractivity contribution in [3.8, 4) is 0 Å².